The summed E-state index contributed by atoms with van der Waals surface area (Å²) in [5.41, 5.74) is 1.14. The van der Waals surface area contributed by atoms with Crippen LogP contribution < -0.4 is 4.90 Å². The molecule has 0 aliphatic rings. The van der Waals surface area contributed by atoms with Crippen LogP contribution in [-0.2, 0) is 15.9 Å². The van der Waals surface area contributed by atoms with Crippen LogP contribution >= 0.6 is 0 Å². The minimum Gasteiger partial charge on any atom is -0.377 e. The largest absolute Gasteiger partial charge is 0.505 e. The second-order valence-electron chi connectivity index (χ2n) is 3.61. The highest BCUT2D eigenvalue weighted by Gasteiger charge is 2.13. The van der Waals surface area contributed by atoms with Crippen molar-refractivity contribution in [3.63, 3.8) is 0 Å². The van der Waals surface area contributed by atoms with Crippen molar-refractivity contribution in [2.24, 2.45) is 0 Å². The van der Waals surface area contributed by atoms with Gasteiger partial charge in [-0.2, -0.15) is 0 Å². The molecule has 0 aliphatic carbocycles. The van der Waals surface area contributed by atoms with Crippen molar-refractivity contribution in [1.82, 2.24) is 0 Å². The first-order valence-electron chi connectivity index (χ1n) is 4.73. The number of hydrogen-bond donors (Lipinski definition) is 0. The predicted molar refractivity (Wildman–Crippen MR) is 64.6 cm³/mol. The SMILES string of the molecule is CN(C)c1cccc2c([S+]=O)cccc12. The smallest absolute Gasteiger partial charge is 0.377 e. The van der Waals surface area contributed by atoms with Crippen LogP contribution in [0.25, 0.3) is 10.8 Å². The molecule has 0 fully saturated rings. The summed E-state index contributed by atoms with van der Waals surface area (Å²) in [5.74, 6) is 0. The molecule has 3 heteroatoms. The number of rotatable bonds is 2. The lowest BCUT2D eigenvalue weighted by Gasteiger charge is -2.14. The first-order valence-corrected chi connectivity index (χ1v) is 5.47. The third kappa shape index (κ3) is 1.70. The van der Waals surface area contributed by atoms with Gasteiger partial charge in [-0.05, 0) is 12.1 Å². The summed E-state index contributed by atoms with van der Waals surface area (Å²) in [6.07, 6.45) is 0. The van der Waals surface area contributed by atoms with Crippen molar-refractivity contribution >= 4 is 28.1 Å². The Bertz CT molecular complexity index is 508. The van der Waals surface area contributed by atoms with Gasteiger partial charge in [0, 0.05) is 35.4 Å². The average Bonchev–Trinajstić information content (AvgIpc) is 2.27. The summed E-state index contributed by atoms with van der Waals surface area (Å²) in [7, 11) is 4.01. The van der Waals surface area contributed by atoms with E-state index >= 15 is 0 Å². The first-order chi connectivity index (χ1) is 7.24. The predicted octanol–water partition coefficient (Wildman–Crippen LogP) is 2.69. The third-order valence-corrected chi connectivity index (χ3v) is 2.97. The van der Waals surface area contributed by atoms with Crippen molar-refractivity contribution in [2.75, 3.05) is 19.0 Å². The van der Waals surface area contributed by atoms with Gasteiger partial charge in [-0.25, -0.2) is 0 Å². The van der Waals surface area contributed by atoms with E-state index in [4.69, 9.17) is 0 Å². The number of anilines is 1. The molecule has 0 heterocycles. The number of fused-ring (bicyclic) bond motifs is 1. The van der Waals surface area contributed by atoms with E-state index in [0.717, 1.165) is 21.4 Å². The molecule has 76 valence electrons. The van der Waals surface area contributed by atoms with Gasteiger partial charge in [0.05, 0.1) is 5.39 Å². The Hall–Kier alpha value is -1.48. The van der Waals surface area contributed by atoms with Crippen molar-refractivity contribution in [3.05, 3.63) is 36.4 Å². The minimum atomic E-state index is 0.550. The van der Waals surface area contributed by atoms with Crippen LogP contribution in [0.2, 0.25) is 0 Å². The Labute approximate surface area is 93.0 Å². The van der Waals surface area contributed by atoms with Crippen LogP contribution in [0.5, 0.6) is 0 Å². The minimum absolute atomic E-state index is 0.550. The lowest BCUT2D eigenvalue weighted by Crippen LogP contribution is -2.08. The first kappa shape index (κ1) is 10.1. The zero-order valence-corrected chi connectivity index (χ0v) is 9.54. The third-order valence-electron chi connectivity index (χ3n) is 2.43. The molecule has 0 unspecified atom stereocenters. The molecular formula is C12H12NOS+. The van der Waals surface area contributed by atoms with Crippen LogP contribution in [0, 0.1) is 0 Å². The molecule has 0 saturated carbocycles. The van der Waals surface area contributed by atoms with Crippen molar-refractivity contribution < 1.29 is 4.21 Å². The Morgan fingerprint density at radius 1 is 1.00 bits per heavy atom. The van der Waals surface area contributed by atoms with Gasteiger partial charge in [0.1, 0.15) is 0 Å². The Morgan fingerprint density at radius 2 is 1.67 bits per heavy atom. The Kier molecular flexibility index (Phi) is 2.64. The molecule has 0 aliphatic heterocycles. The highest BCUT2D eigenvalue weighted by molar-refractivity contribution is 7.65. The van der Waals surface area contributed by atoms with Crippen LogP contribution in [0.3, 0.4) is 0 Å². The molecule has 15 heavy (non-hydrogen) atoms. The molecule has 0 bridgehead atoms. The summed E-state index contributed by atoms with van der Waals surface area (Å²) < 4.78 is 10.9. The molecule has 0 saturated heterocycles. The quantitative estimate of drug-likeness (QED) is 0.722. The lowest BCUT2D eigenvalue weighted by atomic mass is 10.1. The highest BCUT2D eigenvalue weighted by Crippen LogP contribution is 2.27. The summed E-state index contributed by atoms with van der Waals surface area (Å²) in [5, 5.41) is 2.16. The second kappa shape index (κ2) is 3.95. The topological polar surface area (TPSA) is 20.3 Å². The second-order valence-corrected chi connectivity index (χ2v) is 4.21. The fourth-order valence-corrected chi connectivity index (χ4v) is 2.13. The van der Waals surface area contributed by atoms with Gasteiger partial charge in [-0.3, -0.25) is 0 Å². The van der Waals surface area contributed by atoms with Gasteiger partial charge in [0.25, 0.3) is 4.90 Å². The maximum atomic E-state index is 10.9. The molecule has 0 radical (unpaired) electrons. The molecule has 0 amide bonds. The average molecular weight is 218 g/mol. The van der Waals surface area contributed by atoms with E-state index in [2.05, 4.69) is 11.0 Å². The Balaban J connectivity index is 2.82. The number of hydrogen-bond acceptors (Lipinski definition) is 2. The number of nitrogens with zero attached hydrogens (tertiary/aromatic N) is 1. The van der Waals surface area contributed by atoms with Gasteiger partial charge in [-0.1, -0.05) is 18.2 Å². The Morgan fingerprint density at radius 3 is 2.33 bits per heavy atom. The highest BCUT2D eigenvalue weighted by atomic mass is 32.1. The van der Waals surface area contributed by atoms with E-state index in [0.29, 0.717) is 11.7 Å². The molecule has 0 aromatic heterocycles. The molecule has 0 spiro atoms. The van der Waals surface area contributed by atoms with Crippen LogP contribution in [-0.4, -0.2) is 14.1 Å². The zero-order chi connectivity index (χ0) is 10.8. The van der Waals surface area contributed by atoms with Crippen molar-refractivity contribution in [1.29, 1.82) is 0 Å². The fourth-order valence-electron chi connectivity index (χ4n) is 1.73. The molecule has 2 aromatic carbocycles. The van der Waals surface area contributed by atoms with E-state index in [9.17, 15) is 4.21 Å². The van der Waals surface area contributed by atoms with Gasteiger partial charge in [0.2, 0.25) is 0 Å². The summed E-state index contributed by atoms with van der Waals surface area (Å²) in [6, 6.07) is 11.9. The van der Waals surface area contributed by atoms with E-state index in [1.807, 2.05) is 44.4 Å². The van der Waals surface area contributed by atoms with E-state index in [-0.39, 0.29) is 0 Å². The molecule has 0 N–H and O–H groups in total. The maximum absolute atomic E-state index is 10.9. The van der Waals surface area contributed by atoms with Gasteiger partial charge in [0.15, 0.2) is 0 Å². The van der Waals surface area contributed by atoms with Crippen molar-refractivity contribution in [2.45, 2.75) is 4.90 Å². The summed E-state index contributed by atoms with van der Waals surface area (Å²) in [4.78, 5) is 2.85. The van der Waals surface area contributed by atoms with Crippen molar-refractivity contribution in [3.8, 4) is 0 Å². The molecule has 2 rings (SSSR count). The molecule has 2 nitrogen and oxygen atoms in total. The molecule has 2 aromatic rings. The molecule has 0 atom stereocenters. The maximum Gasteiger partial charge on any atom is 0.505 e. The standard InChI is InChI=1S/C12H12NOS/c1-13(2)11-7-3-6-10-9(11)5-4-8-12(10)15-14/h3-8H,1-2H3/q+1. The van der Waals surface area contributed by atoms with Gasteiger partial charge >= 0.3 is 11.7 Å². The van der Waals surface area contributed by atoms with E-state index in [1.54, 1.807) is 0 Å². The van der Waals surface area contributed by atoms with Crippen LogP contribution in [0.1, 0.15) is 0 Å². The lowest BCUT2D eigenvalue weighted by molar-refractivity contribution is 0.605. The van der Waals surface area contributed by atoms with Gasteiger partial charge in [-0.15, -0.1) is 0 Å². The van der Waals surface area contributed by atoms with E-state index < -0.39 is 0 Å². The molecular weight excluding hydrogens is 206 g/mol. The summed E-state index contributed by atoms with van der Waals surface area (Å²) >= 11 is 0.550. The normalized spacial score (nSPS) is 10.3. The van der Waals surface area contributed by atoms with Gasteiger partial charge < -0.3 is 4.90 Å². The monoisotopic (exact) mass is 218 g/mol. The fraction of sp³-hybridized carbons (Fsp3) is 0.167. The zero-order valence-electron chi connectivity index (χ0n) is 8.73. The number of benzene rings is 2. The summed E-state index contributed by atoms with van der Waals surface area (Å²) in [6.45, 7) is 0. The van der Waals surface area contributed by atoms with Crippen LogP contribution in [0.15, 0.2) is 41.3 Å². The van der Waals surface area contributed by atoms with E-state index in [1.165, 1.54) is 0 Å². The van der Waals surface area contributed by atoms with Crippen LogP contribution in [0.4, 0.5) is 5.69 Å².